The first kappa shape index (κ1) is 16.9. The zero-order valence-corrected chi connectivity index (χ0v) is 14.3. The molecular formula is C16H20N2O5S. The number of hydrogen-bond donors (Lipinski definition) is 2. The Morgan fingerprint density at radius 3 is 2.58 bits per heavy atom. The fourth-order valence-corrected chi connectivity index (χ4v) is 5.73. The van der Waals surface area contributed by atoms with Gasteiger partial charge in [0.1, 0.15) is 0 Å². The zero-order chi connectivity index (χ0) is 17.6. The van der Waals surface area contributed by atoms with Gasteiger partial charge in [-0.3, -0.25) is 9.59 Å². The number of sulfonamides is 1. The number of rotatable bonds is 4. The summed E-state index contributed by atoms with van der Waals surface area (Å²) in [6.45, 7) is 3.14. The summed E-state index contributed by atoms with van der Waals surface area (Å²) < 4.78 is 27.4. The van der Waals surface area contributed by atoms with Gasteiger partial charge in [0, 0.05) is 24.7 Å². The summed E-state index contributed by atoms with van der Waals surface area (Å²) in [7, 11) is -3.80. The monoisotopic (exact) mass is 352 g/mol. The predicted molar refractivity (Wildman–Crippen MR) is 87.1 cm³/mol. The van der Waals surface area contributed by atoms with E-state index in [0.29, 0.717) is 24.9 Å². The number of anilines is 1. The van der Waals surface area contributed by atoms with E-state index in [9.17, 15) is 23.1 Å². The van der Waals surface area contributed by atoms with Gasteiger partial charge in [0.05, 0.1) is 10.8 Å². The maximum absolute atomic E-state index is 13.0. The molecule has 2 aliphatic heterocycles. The van der Waals surface area contributed by atoms with Crippen LogP contribution in [0, 0.1) is 12.8 Å². The van der Waals surface area contributed by atoms with Crippen LogP contribution in [-0.4, -0.2) is 41.8 Å². The van der Waals surface area contributed by atoms with E-state index in [-0.39, 0.29) is 16.8 Å². The maximum atomic E-state index is 13.0. The second-order valence-corrected chi connectivity index (χ2v) is 8.31. The summed E-state index contributed by atoms with van der Waals surface area (Å²) in [5, 5.41) is 11.9. The third-order valence-corrected chi connectivity index (χ3v) is 6.86. The molecule has 7 nitrogen and oxygen atoms in total. The number of aryl methyl sites for hydroxylation is 1. The lowest BCUT2D eigenvalue weighted by atomic mass is 9.89. The summed E-state index contributed by atoms with van der Waals surface area (Å²) in [5.74, 6) is -1.86. The van der Waals surface area contributed by atoms with E-state index in [4.69, 9.17) is 0 Å². The quantitative estimate of drug-likeness (QED) is 0.856. The first-order valence-electron chi connectivity index (χ1n) is 7.86. The van der Waals surface area contributed by atoms with Crippen LogP contribution in [0.4, 0.5) is 5.69 Å². The molecule has 3 atom stereocenters. The van der Waals surface area contributed by atoms with E-state index in [0.717, 1.165) is 5.56 Å². The SMILES string of the molecule is CC(=O)Nc1cc(S(=O)(=O)N2C3CCC2C(C(=O)O)C3)ccc1C. The number of carboxylic acid groups (broad SMARTS) is 1. The molecule has 0 radical (unpaired) electrons. The first-order chi connectivity index (χ1) is 11.2. The van der Waals surface area contributed by atoms with Crippen LogP contribution < -0.4 is 5.32 Å². The van der Waals surface area contributed by atoms with Crippen LogP contribution in [0.5, 0.6) is 0 Å². The topological polar surface area (TPSA) is 104 Å². The summed E-state index contributed by atoms with van der Waals surface area (Å²) in [4.78, 5) is 22.7. The van der Waals surface area contributed by atoms with Crippen molar-refractivity contribution in [3.8, 4) is 0 Å². The minimum absolute atomic E-state index is 0.0831. The molecule has 0 aliphatic carbocycles. The van der Waals surface area contributed by atoms with Crippen molar-refractivity contribution in [2.75, 3.05) is 5.32 Å². The van der Waals surface area contributed by atoms with Crippen LogP contribution in [-0.2, 0) is 19.6 Å². The minimum atomic E-state index is -3.80. The number of aliphatic carboxylic acids is 1. The van der Waals surface area contributed by atoms with Crippen molar-refractivity contribution in [2.24, 2.45) is 5.92 Å². The van der Waals surface area contributed by atoms with Crippen molar-refractivity contribution >= 4 is 27.6 Å². The number of carbonyl (C=O) groups excluding carboxylic acids is 1. The molecule has 3 unspecified atom stereocenters. The number of benzene rings is 1. The Morgan fingerprint density at radius 1 is 1.29 bits per heavy atom. The number of carbonyl (C=O) groups is 2. The van der Waals surface area contributed by atoms with E-state index in [1.54, 1.807) is 13.0 Å². The van der Waals surface area contributed by atoms with Crippen LogP contribution in [0.15, 0.2) is 23.1 Å². The van der Waals surface area contributed by atoms with Crippen molar-refractivity contribution in [1.82, 2.24) is 4.31 Å². The normalized spacial score (nSPS) is 26.5. The van der Waals surface area contributed by atoms with Crippen LogP contribution >= 0.6 is 0 Å². The average molecular weight is 352 g/mol. The molecule has 2 bridgehead atoms. The number of nitrogens with zero attached hydrogens (tertiary/aromatic N) is 1. The van der Waals surface area contributed by atoms with Gasteiger partial charge in [0.25, 0.3) is 0 Å². The Hall–Kier alpha value is -1.93. The lowest BCUT2D eigenvalue weighted by Crippen LogP contribution is -2.37. The molecule has 130 valence electrons. The molecule has 3 rings (SSSR count). The van der Waals surface area contributed by atoms with Crippen molar-refractivity contribution in [1.29, 1.82) is 0 Å². The summed E-state index contributed by atoms with van der Waals surface area (Å²) in [5.41, 5.74) is 1.21. The molecule has 1 amide bonds. The molecule has 2 heterocycles. The molecule has 1 aromatic rings. The molecule has 1 aromatic carbocycles. The molecule has 8 heteroatoms. The molecule has 0 aromatic heterocycles. The highest BCUT2D eigenvalue weighted by atomic mass is 32.2. The Balaban J connectivity index is 1.97. The van der Waals surface area contributed by atoms with Gasteiger partial charge in [-0.05, 0) is 43.9 Å². The van der Waals surface area contributed by atoms with Crippen LogP contribution in [0.2, 0.25) is 0 Å². The highest BCUT2D eigenvalue weighted by molar-refractivity contribution is 7.89. The summed E-state index contributed by atoms with van der Waals surface area (Å²) in [6, 6.07) is 3.85. The Labute approximate surface area is 140 Å². The van der Waals surface area contributed by atoms with E-state index in [1.807, 2.05) is 0 Å². The maximum Gasteiger partial charge on any atom is 0.308 e. The molecule has 0 saturated carbocycles. The van der Waals surface area contributed by atoms with Gasteiger partial charge in [0.2, 0.25) is 15.9 Å². The number of carboxylic acids is 1. The van der Waals surface area contributed by atoms with Gasteiger partial charge in [-0.25, -0.2) is 8.42 Å². The van der Waals surface area contributed by atoms with E-state index in [1.165, 1.54) is 23.4 Å². The summed E-state index contributed by atoms with van der Waals surface area (Å²) in [6.07, 6.45) is 1.63. The van der Waals surface area contributed by atoms with Gasteiger partial charge in [-0.15, -0.1) is 0 Å². The number of nitrogens with one attached hydrogen (secondary N) is 1. The molecule has 2 N–H and O–H groups in total. The van der Waals surface area contributed by atoms with Crippen LogP contribution in [0.3, 0.4) is 0 Å². The van der Waals surface area contributed by atoms with Crippen LogP contribution in [0.1, 0.15) is 31.7 Å². The molecular weight excluding hydrogens is 332 g/mol. The highest BCUT2D eigenvalue weighted by Crippen LogP contribution is 2.45. The third-order valence-electron chi connectivity index (χ3n) is 4.89. The van der Waals surface area contributed by atoms with Gasteiger partial charge in [-0.2, -0.15) is 4.31 Å². The molecule has 2 aliphatic rings. The van der Waals surface area contributed by atoms with Crippen molar-refractivity contribution in [3.05, 3.63) is 23.8 Å². The Bertz CT molecular complexity index is 805. The van der Waals surface area contributed by atoms with Gasteiger partial charge in [-0.1, -0.05) is 6.07 Å². The van der Waals surface area contributed by atoms with Gasteiger partial charge >= 0.3 is 5.97 Å². The van der Waals surface area contributed by atoms with E-state index < -0.39 is 28.0 Å². The lowest BCUT2D eigenvalue weighted by molar-refractivity contribution is -0.142. The highest BCUT2D eigenvalue weighted by Gasteiger charge is 2.54. The standard InChI is InChI=1S/C16H20N2O5S/c1-9-3-5-12(8-14(9)17-10(2)19)24(22,23)18-11-4-6-15(18)13(7-11)16(20)21/h3,5,8,11,13,15H,4,6-7H2,1-2H3,(H,17,19)(H,20,21). The molecule has 2 fully saturated rings. The van der Waals surface area contributed by atoms with E-state index in [2.05, 4.69) is 5.32 Å². The second kappa shape index (κ2) is 5.86. The van der Waals surface area contributed by atoms with Gasteiger partial charge < -0.3 is 10.4 Å². The fraction of sp³-hybridized carbons (Fsp3) is 0.500. The van der Waals surface area contributed by atoms with Gasteiger partial charge in [0.15, 0.2) is 0 Å². The van der Waals surface area contributed by atoms with E-state index >= 15 is 0 Å². The van der Waals surface area contributed by atoms with Crippen molar-refractivity contribution < 1.29 is 23.1 Å². The smallest absolute Gasteiger partial charge is 0.308 e. The molecule has 2 saturated heterocycles. The fourth-order valence-electron chi connectivity index (χ4n) is 3.79. The average Bonchev–Trinajstić information content (AvgIpc) is 3.07. The summed E-state index contributed by atoms with van der Waals surface area (Å²) >= 11 is 0. The lowest BCUT2D eigenvalue weighted by Gasteiger charge is -2.23. The second-order valence-electron chi connectivity index (χ2n) is 6.47. The Kier molecular flexibility index (Phi) is 4.13. The largest absolute Gasteiger partial charge is 0.481 e. The molecule has 0 spiro atoms. The number of hydrogen-bond acceptors (Lipinski definition) is 4. The van der Waals surface area contributed by atoms with Crippen molar-refractivity contribution in [2.45, 2.75) is 50.1 Å². The van der Waals surface area contributed by atoms with Crippen molar-refractivity contribution in [3.63, 3.8) is 0 Å². The predicted octanol–water partition coefficient (Wildman–Crippen LogP) is 1.58. The first-order valence-corrected chi connectivity index (χ1v) is 9.30. The number of fused-ring (bicyclic) bond motifs is 2. The van der Waals surface area contributed by atoms with Crippen LogP contribution in [0.25, 0.3) is 0 Å². The number of amides is 1. The third kappa shape index (κ3) is 2.69. The zero-order valence-electron chi connectivity index (χ0n) is 13.5. The minimum Gasteiger partial charge on any atom is -0.481 e. The Morgan fingerprint density at radius 2 is 2.00 bits per heavy atom. The molecule has 24 heavy (non-hydrogen) atoms.